The van der Waals surface area contributed by atoms with Crippen molar-refractivity contribution >= 4 is 34.9 Å². The fourth-order valence-corrected chi connectivity index (χ4v) is 2.97. The van der Waals surface area contributed by atoms with Crippen LogP contribution in [-0.4, -0.2) is 22.5 Å². The van der Waals surface area contributed by atoms with Crippen molar-refractivity contribution in [2.45, 2.75) is 6.54 Å². The average molecular weight is 390 g/mol. The maximum absolute atomic E-state index is 12.5. The molecule has 1 N–H and O–H groups in total. The van der Waals surface area contributed by atoms with Crippen molar-refractivity contribution in [2.75, 3.05) is 12.1 Å². The minimum absolute atomic E-state index is 0.151. The van der Waals surface area contributed by atoms with Crippen LogP contribution in [0.3, 0.4) is 0 Å². The molecule has 1 aromatic heterocycles. The Hall–Kier alpha value is -2.70. The summed E-state index contributed by atoms with van der Waals surface area (Å²) in [7, 11) is 0. The van der Waals surface area contributed by atoms with Gasteiger partial charge in [-0.15, -0.1) is 0 Å². The van der Waals surface area contributed by atoms with Crippen molar-refractivity contribution in [2.24, 2.45) is 0 Å². The van der Waals surface area contributed by atoms with Crippen LogP contribution in [0.4, 0.5) is 5.82 Å². The lowest BCUT2D eigenvalue weighted by Gasteiger charge is -2.05. The summed E-state index contributed by atoms with van der Waals surface area (Å²) >= 11 is 12.4. The molecule has 0 saturated heterocycles. The van der Waals surface area contributed by atoms with E-state index in [-0.39, 0.29) is 18.5 Å². The number of carbonyl (C=O) groups is 1. The number of rotatable bonds is 4. The Morgan fingerprint density at radius 1 is 1.12 bits per heavy atom. The predicted molar refractivity (Wildman–Crippen MR) is 98.3 cm³/mol. The minimum atomic E-state index is -0.340. The Morgan fingerprint density at radius 2 is 1.92 bits per heavy atom. The van der Waals surface area contributed by atoms with Crippen molar-refractivity contribution in [1.82, 2.24) is 9.78 Å². The van der Waals surface area contributed by atoms with E-state index in [4.69, 9.17) is 32.7 Å². The Labute approximate surface area is 159 Å². The Kier molecular flexibility index (Phi) is 4.44. The largest absolute Gasteiger partial charge is 0.454 e. The molecule has 1 amide bonds. The van der Waals surface area contributed by atoms with E-state index in [1.165, 1.54) is 0 Å². The third-order valence-corrected chi connectivity index (χ3v) is 4.52. The molecule has 1 aliphatic rings. The topological polar surface area (TPSA) is 65.4 Å². The van der Waals surface area contributed by atoms with Crippen molar-refractivity contribution < 1.29 is 14.3 Å². The van der Waals surface area contributed by atoms with Crippen LogP contribution in [0.2, 0.25) is 10.0 Å². The number of hydrogen-bond donors (Lipinski definition) is 1. The highest BCUT2D eigenvalue weighted by atomic mass is 35.5. The molecule has 0 bridgehead atoms. The number of ether oxygens (including phenoxy) is 2. The van der Waals surface area contributed by atoms with Crippen molar-refractivity contribution in [1.29, 1.82) is 0 Å². The molecule has 2 heterocycles. The summed E-state index contributed by atoms with van der Waals surface area (Å²) in [6.07, 6.45) is 1.64. The summed E-state index contributed by atoms with van der Waals surface area (Å²) in [5, 5.41) is 8.01. The molecule has 6 nitrogen and oxygen atoms in total. The molecular weight excluding hydrogens is 377 g/mol. The van der Waals surface area contributed by atoms with E-state index < -0.39 is 0 Å². The Morgan fingerprint density at radius 3 is 2.77 bits per heavy atom. The first kappa shape index (κ1) is 16.8. The first-order chi connectivity index (χ1) is 12.6. The lowest BCUT2D eigenvalue weighted by Crippen LogP contribution is -2.13. The molecule has 2 aromatic carbocycles. The molecule has 1 aliphatic heterocycles. The van der Waals surface area contributed by atoms with E-state index in [0.717, 1.165) is 5.56 Å². The second-order valence-electron chi connectivity index (χ2n) is 5.64. The highest BCUT2D eigenvalue weighted by Crippen LogP contribution is 2.33. The van der Waals surface area contributed by atoms with Crippen LogP contribution < -0.4 is 14.8 Å². The number of anilines is 1. The van der Waals surface area contributed by atoms with Gasteiger partial charge in [-0.25, -0.2) is 0 Å². The predicted octanol–water partition coefficient (Wildman–Crippen LogP) is 4.22. The summed E-state index contributed by atoms with van der Waals surface area (Å²) in [6, 6.07) is 12.4. The van der Waals surface area contributed by atoms with Gasteiger partial charge in [-0.3, -0.25) is 9.48 Å². The number of nitrogens with zero attached hydrogens (tertiary/aromatic N) is 2. The van der Waals surface area contributed by atoms with Gasteiger partial charge in [0.1, 0.15) is 5.02 Å². The lowest BCUT2D eigenvalue weighted by molar-refractivity contribution is 0.102. The molecule has 132 valence electrons. The molecule has 0 radical (unpaired) electrons. The summed E-state index contributed by atoms with van der Waals surface area (Å²) in [5.41, 5.74) is 1.33. The molecule has 0 saturated carbocycles. The normalized spacial score (nSPS) is 12.2. The number of benzene rings is 2. The molecule has 26 heavy (non-hydrogen) atoms. The Bertz CT molecular complexity index is 988. The summed E-state index contributed by atoms with van der Waals surface area (Å²) in [6.45, 7) is 0.595. The van der Waals surface area contributed by atoms with Crippen LogP contribution in [0.15, 0.2) is 48.7 Å². The smallest absolute Gasteiger partial charge is 0.257 e. The van der Waals surface area contributed by atoms with Gasteiger partial charge in [-0.2, -0.15) is 5.10 Å². The van der Waals surface area contributed by atoms with Crippen LogP contribution in [-0.2, 0) is 6.54 Å². The number of amides is 1. The number of halogens is 2. The molecule has 4 rings (SSSR count). The van der Waals surface area contributed by atoms with Gasteiger partial charge >= 0.3 is 0 Å². The fourth-order valence-electron chi connectivity index (χ4n) is 2.58. The van der Waals surface area contributed by atoms with Crippen LogP contribution in [0, 0.1) is 0 Å². The standard InChI is InChI=1S/C18H13Cl2N3O3/c19-13-4-2-1-3-12(13)8-23-9-14(20)17(22-23)21-18(24)11-5-6-15-16(7-11)26-10-25-15/h1-7,9H,8,10H2,(H,21,22,24). The van der Waals surface area contributed by atoms with Gasteiger partial charge in [0.25, 0.3) is 5.91 Å². The second-order valence-corrected chi connectivity index (χ2v) is 6.45. The minimum Gasteiger partial charge on any atom is -0.454 e. The average Bonchev–Trinajstić information content (AvgIpc) is 3.23. The number of hydrogen-bond acceptors (Lipinski definition) is 4. The van der Waals surface area contributed by atoms with E-state index in [1.54, 1.807) is 29.1 Å². The zero-order valence-corrected chi connectivity index (χ0v) is 14.9. The van der Waals surface area contributed by atoms with E-state index in [0.29, 0.717) is 33.7 Å². The molecular formula is C18H13Cl2N3O3. The van der Waals surface area contributed by atoms with Crippen LogP contribution >= 0.6 is 23.2 Å². The van der Waals surface area contributed by atoms with Crippen LogP contribution in [0.25, 0.3) is 0 Å². The van der Waals surface area contributed by atoms with Crippen LogP contribution in [0.5, 0.6) is 11.5 Å². The first-order valence-corrected chi connectivity index (χ1v) is 8.53. The molecule has 0 aliphatic carbocycles. The van der Waals surface area contributed by atoms with Gasteiger partial charge < -0.3 is 14.8 Å². The van der Waals surface area contributed by atoms with Gasteiger partial charge in [-0.05, 0) is 29.8 Å². The maximum atomic E-state index is 12.5. The van der Waals surface area contributed by atoms with Crippen LogP contribution in [0.1, 0.15) is 15.9 Å². The quantitative estimate of drug-likeness (QED) is 0.725. The third kappa shape index (κ3) is 3.34. The van der Waals surface area contributed by atoms with Gasteiger partial charge in [0.2, 0.25) is 6.79 Å². The van der Waals surface area contributed by atoms with Gasteiger partial charge in [0.05, 0.1) is 6.54 Å². The molecule has 0 spiro atoms. The number of fused-ring (bicyclic) bond motifs is 1. The highest BCUT2D eigenvalue weighted by molar-refractivity contribution is 6.33. The molecule has 3 aromatic rings. The lowest BCUT2D eigenvalue weighted by atomic mass is 10.2. The fraction of sp³-hybridized carbons (Fsp3) is 0.111. The molecule has 0 atom stereocenters. The van der Waals surface area contributed by atoms with E-state index in [2.05, 4.69) is 10.4 Å². The number of nitrogens with one attached hydrogen (secondary N) is 1. The summed E-state index contributed by atoms with van der Waals surface area (Å²) < 4.78 is 12.1. The SMILES string of the molecule is O=C(Nc1nn(Cc2ccccc2Cl)cc1Cl)c1ccc2c(c1)OCO2. The molecule has 0 fully saturated rings. The number of carbonyl (C=O) groups excluding carboxylic acids is 1. The van der Waals surface area contributed by atoms with E-state index in [1.807, 2.05) is 24.3 Å². The van der Waals surface area contributed by atoms with E-state index in [9.17, 15) is 4.79 Å². The van der Waals surface area contributed by atoms with Gasteiger partial charge in [0.15, 0.2) is 17.3 Å². The maximum Gasteiger partial charge on any atom is 0.257 e. The highest BCUT2D eigenvalue weighted by Gasteiger charge is 2.18. The Balaban J connectivity index is 1.51. The zero-order chi connectivity index (χ0) is 18.1. The second kappa shape index (κ2) is 6.90. The molecule has 0 unspecified atom stereocenters. The summed E-state index contributed by atoms with van der Waals surface area (Å²) in [4.78, 5) is 12.5. The first-order valence-electron chi connectivity index (χ1n) is 7.77. The monoisotopic (exact) mass is 389 g/mol. The molecule has 8 heteroatoms. The van der Waals surface area contributed by atoms with E-state index >= 15 is 0 Å². The summed E-state index contributed by atoms with van der Waals surface area (Å²) in [5.74, 6) is 1.09. The van der Waals surface area contributed by atoms with Crippen molar-refractivity contribution in [3.8, 4) is 11.5 Å². The number of aromatic nitrogens is 2. The van der Waals surface area contributed by atoms with Crippen molar-refractivity contribution in [3.63, 3.8) is 0 Å². The van der Waals surface area contributed by atoms with Crippen molar-refractivity contribution in [3.05, 3.63) is 69.8 Å². The van der Waals surface area contributed by atoms with Gasteiger partial charge in [0, 0.05) is 16.8 Å². The zero-order valence-electron chi connectivity index (χ0n) is 13.4. The van der Waals surface area contributed by atoms with Gasteiger partial charge in [-0.1, -0.05) is 41.4 Å². The third-order valence-electron chi connectivity index (χ3n) is 3.87.